The van der Waals surface area contributed by atoms with Crippen LogP contribution in [-0.4, -0.2) is 20.5 Å². The first-order chi connectivity index (χ1) is 10.6. The average Bonchev–Trinajstić information content (AvgIpc) is 3.19. The van der Waals surface area contributed by atoms with Gasteiger partial charge in [0.25, 0.3) is 0 Å². The number of hydrogen-bond donors (Lipinski definition) is 0. The van der Waals surface area contributed by atoms with Gasteiger partial charge < -0.3 is 0 Å². The molecule has 0 aliphatic heterocycles. The minimum atomic E-state index is -0.279. The molecule has 3 rings (SSSR count). The maximum absolute atomic E-state index is 12.8. The molecule has 0 unspecified atom stereocenters. The average molecular weight is 331 g/mol. The fourth-order valence-electron chi connectivity index (χ4n) is 2.02. The molecule has 1 aromatic carbocycles. The molecule has 0 saturated heterocycles. The summed E-state index contributed by atoms with van der Waals surface area (Å²) in [5.74, 6) is 0.608. The summed E-state index contributed by atoms with van der Waals surface area (Å²) in [6, 6.07) is 4.78. The molecule has 6 heteroatoms. The van der Waals surface area contributed by atoms with E-state index in [1.165, 1.54) is 17.3 Å². The highest BCUT2D eigenvalue weighted by Gasteiger charge is 2.22. The fourth-order valence-corrected chi connectivity index (χ4v) is 2.40. The van der Waals surface area contributed by atoms with Crippen LogP contribution in [0, 0.1) is 31.6 Å². The molecule has 0 N–H and O–H groups in total. The van der Waals surface area contributed by atoms with Gasteiger partial charge in [-0.2, -0.15) is 5.10 Å². The van der Waals surface area contributed by atoms with E-state index < -0.39 is 0 Å². The second kappa shape index (κ2) is 6.63. The van der Waals surface area contributed by atoms with E-state index in [1.54, 1.807) is 24.3 Å². The fraction of sp³-hybridized carbons (Fsp3) is 0. The molecule has 0 spiro atoms. The predicted octanol–water partition coefficient (Wildman–Crippen LogP) is 3.71. The zero-order valence-corrected chi connectivity index (χ0v) is 12.8. The second-order valence-corrected chi connectivity index (χ2v) is 5.38. The van der Waals surface area contributed by atoms with Crippen molar-refractivity contribution >= 4 is 34.7 Å². The van der Waals surface area contributed by atoms with Gasteiger partial charge in [-0.05, 0) is 50.0 Å². The standard InChI is InChI=1S/C16H10Cl2N3O/c17-12-5-6-14(18)13(8-12)16(22)15(21-10-19-9-20-21)7-11-3-1-2-4-11/h1-10H/b15-7-. The first-order valence-corrected chi connectivity index (χ1v) is 7.19. The summed E-state index contributed by atoms with van der Waals surface area (Å²) in [6.07, 6.45) is 12.1. The lowest BCUT2D eigenvalue weighted by Crippen LogP contribution is -2.12. The topological polar surface area (TPSA) is 47.8 Å². The number of ketones is 1. The van der Waals surface area contributed by atoms with Crippen molar-refractivity contribution in [2.75, 3.05) is 0 Å². The Bertz CT molecular complexity index is 704. The summed E-state index contributed by atoms with van der Waals surface area (Å²) in [6.45, 7) is 0. The van der Waals surface area contributed by atoms with Gasteiger partial charge in [-0.25, -0.2) is 9.67 Å². The van der Waals surface area contributed by atoms with Crippen LogP contribution in [0.15, 0.2) is 36.9 Å². The van der Waals surface area contributed by atoms with Gasteiger partial charge in [0.15, 0.2) is 0 Å². The molecule has 1 aliphatic rings. The largest absolute Gasteiger partial charge is 0.287 e. The second-order valence-electron chi connectivity index (χ2n) is 4.54. The Labute approximate surface area is 138 Å². The van der Waals surface area contributed by atoms with Crippen molar-refractivity contribution in [2.24, 2.45) is 0 Å². The van der Waals surface area contributed by atoms with E-state index in [0.29, 0.717) is 21.3 Å². The molecule has 0 amide bonds. The lowest BCUT2D eigenvalue weighted by molar-refractivity contribution is 0.105. The Morgan fingerprint density at radius 2 is 1.95 bits per heavy atom. The lowest BCUT2D eigenvalue weighted by atomic mass is 10.0. The third kappa shape index (κ3) is 3.23. The highest BCUT2D eigenvalue weighted by Crippen LogP contribution is 2.29. The van der Waals surface area contributed by atoms with Crippen LogP contribution < -0.4 is 0 Å². The summed E-state index contributed by atoms with van der Waals surface area (Å²) in [5.41, 5.74) is 0.662. The number of Topliss-reactive ketones (excluding diaryl/α,β-unsaturated/α-hetero) is 1. The van der Waals surface area contributed by atoms with Crippen molar-refractivity contribution in [3.8, 4) is 0 Å². The Hall–Kier alpha value is -1.65. The number of nitrogens with zero attached hydrogens (tertiary/aromatic N) is 3. The number of rotatable bonds is 4. The molecular formula is C16H10Cl2N3O. The molecule has 1 fully saturated rings. The molecule has 109 valence electrons. The third-order valence-corrected chi connectivity index (χ3v) is 3.63. The van der Waals surface area contributed by atoms with E-state index in [2.05, 4.69) is 10.1 Å². The van der Waals surface area contributed by atoms with Crippen molar-refractivity contribution in [1.82, 2.24) is 14.8 Å². The smallest absolute Gasteiger partial charge is 0.212 e. The molecule has 0 atom stereocenters. The lowest BCUT2D eigenvalue weighted by Gasteiger charge is -2.10. The molecule has 4 nitrogen and oxygen atoms in total. The zero-order chi connectivity index (χ0) is 15.5. The molecule has 1 aliphatic carbocycles. The van der Waals surface area contributed by atoms with Crippen molar-refractivity contribution in [3.05, 3.63) is 84.1 Å². The van der Waals surface area contributed by atoms with Gasteiger partial charge in [0, 0.05) is 16.5 Å². The predicted molar refractivity (Wildman–Crippen MR) is 85.5 cm³/mol. The van der Waals surface area contributed by atoms with Crippen LogP contribution in [0.4, 0.5) is 0 Å². The van der Waals surface area contributed by atoms with Gasteiger partial charge >= 0.3 is 0 Å². The van der Waals surface area contributed by atoms with Crippen molar-refractivity contribution < 1.29 is 4.79 Å². The minimum absolute atomic E-state index is 0.279. The van der Waals surface area contributed by atoms with Gasteiger partial charge in [0.1, 0.15) is 18.4 Å². The quantitative estimate of drug-likeness (QED) is 0.634. The van der Waals surface area contributed by atoms with Crippen molar-refractivity contribution in [3.63, 3.8) is 0 Å². The number of aromatic nitrogens is 3. The monoisotopic (exact) mass is 330 g/mol. The molecule has 5 radical (unpaired) electrons. The maximum Gasteiger partial charge on any atom is 0.212 e. The molecule has 2 aromatic rings. The van der Waals surface area contributed by atoms with Crippen LogP contribution in [0.2, 0.25) is 10.0 Å². The maximum atomic E-state index is 12.8. The van der Waals surface area contributed by atoms with Crippen LogP contribution in [0.25, 0.3) is 5.70 Å². The van der Waals surface area contributed by atoms with Crippen molar-refractivity contribution in [2.45, 2.75) is 0 Å². The summed E-state index contributed by atoms with van der Waals surface area (Å²) < 4.78 is 1.41. The zero-order valence-electron chi connectivity index (χ0n) is 11.3. The third-order valence-electron chi connectivity index (χ3n) is 3.06. The van der Waals surface area contributed by atoms with Gasteiger partial charge in [-0.15, -0.1) is 0 Å². The minimum Gasteiger partial charge on any atom is -0.287 e. The van der Waals surface area contributed by atoms with E-state index in [4.69, 9.17) is 23.2 Å². The molecule has 1 aromatic heterocycles. The van der Waals surface area contributed by atoms with Gasteiger partial charge in [-0.3, -0.25) is 4.79 Å². The van der Waals surface area contributed by atoms with Crippen LogP contribution in [0.1, 0.15) is 10.4 Å². The van der Waals surface area contributed by atoms with E-state index in [1.807, 2.05) is 25.7 Å². The first-order valence-electron chi connectivity index (χ1n) is 6.43. The van der Waals surface area contributed by atoms with E-state index in [0.717, 1.165) is 5.92 Å². The Balaban J connectivity index is 2.01. The summed E-state index contributed by atoms with van der Waals surface area (Å²) >= 11 is 12.1. The van der Waals surface area contributed by atoms with Crippen molar-refractivity contribution in [1.29, 1.82) is 0 Å². The number of allylic oxidation sites excluding steroid dienone is 2. The highest BCUT2D eigenvalue weighted by molar-refractivity contribution is 6.39. The number of carbonyl (C=O) groups is 1. The van der Waals surface area contributed by atoms with E-state index in [-0.39, 0.29) is 5.78 Å². The Kier molecular flexibility index (Phi) is 4.60. The summed E-state index contributed by atoms with van der Waals surface area (Å²) in [4.78, 5) is 16.7. The first kappa shape index (κ1) is 15.3. The molecule has 22 heavy (non-hydrogen) atoms. The normalized spacial score (nSPS) is 16.2. The van der Waals surface area contributed by atoms with Gasteiger partial charge in [-0.1, -0.05) is 23.2 Å². The molecular weight excluding hydrogens is 321 g/mol. The number of halogens is 2. The van der Waals surface area contributed by atoms with Crippen LogP contribution in [-0.2, 0) is 0 Å². The van der Waals surface area contributed by atoms with E-state index in [9.17, 15) is 4.79 Å². The molecule has 1 saturated carbocycles. The number of benzene rings is 1. The summed E-state index contributed by atoms with van der Waals surface area (Å²) in [7, 11) is 0. The van der Waals surface area contributed by atoms with Crippen LogP contribution in [0.5, 0.6) is 0 Å². The Morgan fingerprint density at radius 1 is 1.18 bits per heavy atom. The summed E-state index contributed by atoms with van der Waals surface area (Å²) in [5, 5.41) is 4.82. The van der Waals surface area contributed by atoms with Crippen LogP contribution >= 0.6 is 23.2 Å². The molecule has 0 bridgehead atoms. The molecule has 1 heterocycles. The van der Waals surface area contributed by atoms with E-state index >= 15 is 0 Å². The van der Waals surface area contributed by atoms with Gasteiger partial charge in [0.2, 0.25) is 5.78 Å². The number of hydrogen-bond acceptors (Lipinski definition) is 3. The highest BCUT2D eigenvalue weighted by atomic mass is 35.5. The van der Waals surface area contributed by atoms with Gasteiger partial charge in [0.05, 0.1) is 5.02 Å². The van der Waals surface area contributed by atoms with Crippen LogP contribution in [0.3, 0.4) is 0 Å². The SMILES string of the molecule is O=C(/C(=C/[C]1[CH][CH][CH][CH]1)n1cncn1)c1cc(Cl)ccc1Cl. The Morgan fingerprint density at radius 3 is 2.64 bits per heavy atom. The number of carbonyl (C=O) groups excluding carboxylic acids is 1.